The summed E-state index contributed by atoms with van der Waals surface area (Å²) < 4.78 is 0. The van der Waals surface area contributed by atoms with Crippen LogP contribution in [0.2, 0.25) is 0 Å². The molecule has 1 fully saturated rings. The number of aliphatic hydroxyl groups excluding tert-OH is 1. The van der Waals surface area contributed by atoms with E-state index in [0.29, 0.717) is 12.0 Å². The second-order valence-electron chi connectivity index (χ2n) is 6.80. The van der Waals surface area contributed by atoms with Gasteiger partial charge in [-0.3, -0.25) is 0 Å². The van der Waals surface area contributed by atoms with Crippen molar-refractivity contribution in [2.75, 3.05) is 27.2 Å². The maximum Gasteiger partial charge on any atom is 0.0546 e. The molecule has 0 spiro atoms. The summed E-state index contributed by atoms with van der Waals surface area (Å²) in [5.74, 6) is 0.694. The fourth-order valence-electron chi connectivity index (χ4n) is 3.42. The highest BCUT2D eigenvalue weighted by Crippen LogP contribution is 2.28. The first-order valence-electron chi connectivity index (χ1n) is 8.10. The van der Waals surface area contributed by atoms with Crippen molar-refractivity contribution in [2.45, 2.75) is 45.3 Å². The predicted molar refractivity (Wildman–Crippen MR) is 88.6 cm³/mol. The molecule has 0 aliphatic heterocycles. The highest BCUT2D eigenvalue weighted by Gasteiger charge is 2.27. The van der Waals surface area contributed by atoms with Gasteiger partial charge >= 0.3 is 0 Å². The van der Waals surface area contributed by atoms with Crippen LogP contribution in [-0.2, 0) is 0 Å². The van der Waals surface area contributed by atoms with E-state index in [1.807, 2.05) is 7.05 Å². The molecule has 1 aromatic carbocycles. The standard InChI is InChI=1S/C18H30N2O/c1-13-7-14(2)9-16(8-13)18(19-3)5-6-20(4)12-15-10-17(21)11-15/h7-9,15,17-19,21H,5-6,10-12H2,1-4H3. The fourth-order valence-corrected chi connectivity index (χ4v) is 3.42. The number of rotatable bonds is 7. The average molecular weight is 290 g/mol. The molecule has 2 N–H and O–H groups in total. The summed E-state index contributed by atoms with van der Waals surface area (Å²) in [4.78, 5) is 2.41. The molecule has 1 aliphatic rings. The van der Waals surface area contributed by atoms with Crippen molar-refractivity contribution in [3.63, 3.8) is 0 Å². The summed E-state index contributed by atoms with van der Waals surface area (Å²) >= 11 is 0. The summed E-state index contributed by atoms with van der Waals surface area (Å²) in [6, 6.07) is 7.22. The van der Waals surface area contributed by atoms with E-state index < -0.39 is 0 Å². The third kappa shape index (κ3) is 4.80. The Kier molecular flexibility index (Phi) is 5.80. The second kappa shape index (κ2) is 7.39. The zero-order valence-electron chi connectivity index (χ0n) is 13.9. The predicted octanol–water partition coefficient (Wildman–Crippen LogP) is 2.66. The average Bonchev–Trinajstić information content (AvgIpc) is 2.36. The maximum absolute atomic E-state index is 9.36. The summed E-state index contributed by atoms with van der Waals surface area (Å²) in [5, 5.41) is 12.8. The minimum Gasteiger partial charge on any atom is -0.393 e. The van der Waals surface area contributed by atoms with Crippen LogP contribution in [0.25, 0.3) is 0 Å². The summed E-state index contributed by atoms with van der Waals surface area (Å²) in [5.41, 5.74) is 4.06. The molecule has 0 amide bonds. The molecule has 1 aliphatic carbocycles. The van der Waals surface area contributed by atoms with Crippen LogP contribution < -0.4 is 5.32 Å². The van der Waals surface area contributed by atoms with Crippen molar-refractivity contribution in [3.8, 4) is 0 Å². The van der Waals surface area contributed by atoms with Crippen LogP contribution in [0.3, 0.4) is 0 Å². The first-order chi connectivity index (χ1) is 9.97. The topological polar surface area (TPSA) is 35.5 Å². The normalized spacial score (nSPS) is 23.1. The van der Waals surface area contributed by atoms with Gasteiger partial charge in [0.05, 0.1) is 6.10 Å². The molecule has 0 radical (unpaired) electrons. The number of nitrogens with zero attached hydrogens (tertiary/aromatic N) is 1. The Bertz CT molecular complexity index is 434. The highest BCUT2D eigenvalue weighted by molar-refractivity contribution is 5.30. The van der Waals surface area contributed by atoms with Gasteiger partial charge in [-0.25, -0.2) is 0 Å². The van der Waals surface area contributed by atoms with Crippen molar-refractivity contribution in [3.05, 3.63) is 34.9 Å². The molecule has 1 aromatic rings. The largest absolute Gasteiger partial charge is 0.393 e. The van der Waals surface area contributed by atoms with E-state index in [9.17, 15) is 5.11 Å². The molecule has 3 nitrogen and oxygen atoms in total. The molecule has 118 valence electrons. The minimum atomic E-state index is -0.0382. The number of nitrogens with one attached hydrogen (secondary N) is 1. The van der Waals surface area contributed by atoms with Gasteiger partial charge in [-0.15, -0.1) is 0 Å². The molecule has 1 saturated carbocycles. The molecule has 1 unspecified atom stereocenters. The van der Waals surface area contributed by atoms with Crippen LogP contribution in [0.1, 0.15) is 42.0 Å². The lowest BCUT2D eigenvalue weighted by Gasteiger charge is -2.34. The minimum absolute atomic E-state index is 0.0382. The summed E-state index contributed by atoms with van der Waals surface area (Å²) in [7, 11) is 4.24. The van der Waals surface area contributed by atoms with Gasteiger partial charge in [-0.05, 0) is 65.2 Å². The molecule has 0 bridgehead atoms. The Balaban J connectivity index is 1.84. The lowest BCUT2D eigenvalue weighted by Crippen LogP contribution is -2.38. The van der Waals surface area contributed by atoms with Crippen molar-refractivity contribution in [2.24, 2.45) is 5.92 Å². The zero-order valence-corrected chi connectivity index (χ0v) is 13.9. The third-order valence-electron chi connectivity index (χ3n) is 4.58. The first-order valence-corrected chi connectivity index (χ1v) is 8.10. The Hall–Kier alpha value is -0.900. The van der Waals surface area contributed by atoms with E-state index in [1.54, 1.807) is 0 Å². The van der Waals surface area contributed by atoms with Gasteiger partial charge in [0.15, 0.2) is 0 Å². The number of benzene rings is 1. The van der Waals surface area contributed by atoms with Gasteiger partial charge in [0.2, 0.25) is 0 Å². The van der Waals surface area contributed by atoms with E-state index in [4.69, 9.17) is 0 Å². The van der Waals surface area contributed by atoms with E-state index in [-0.39, 0.29) is 6.10 Å². The van der Waals surface area contributed by atoms with Crippen LogP contribution >= 0.6 is 0 Å². The highest BCUT2D eigenvalue weighted by atomic mass is 16.3. The van der Waals surface area contributed by atoms with Crippen molar-refractivity contribution < 1.29 is 5.11 Å². The van der Waals surface area contributed by atoms with E-state index >= 15 is 0 Å². The number of hydrogen-bond donors (Lipinski definition) is 2. The molecule has 21 heavy (non-hydrogen) atoms. The summed E-state index contributed by atoms with van der Waals surface area (Å²) in [6.07, 6.45) is 3.04. The molecule has 2 rings (SSSR count). The maximum atomic E-state index is 9.36. The Morgan fingerprint density at radius 3 is 2.38 bits per heavy atom. The molecule has 0 heterocycles. The summed E-state index contributed by atoms with van der Waals surface area (Å²) in [6.45, 7) is 6.53. The monoisotopic (exact) mass is 290 g/mol. The number of aryl methyl sites for hydroxylation is 2. The van der Waals surface area contributed by atoms with E-state index in [2.05, 4.69) is 49.3 Å². The second-order valence-corrected chi connectivity index (χ2v) is 6.80. The zero-order chi connectivity index (χ0) is 15.4. The van der Waals surface area contributed by atoms with Crippen LogP contribution in [-0.4, -0.2) is 43.3 Å². The molecule has 0 saturated heterocycles. The van der Waals surface area contributed by atoms with E-state index in [0.717, 1.165) is 32.4 Å². The first kappa shape index (κ1) is 16.5. The van der Waals surface area contributed by atoms with Crippen molar-refractivity contribution in [1.82, 2.24) is 10.2 Å². The SMILES string of the molecule is CNC(CCN(C)CC1CC(O)C1)c1cc(C)cc(C)c1. The fraction of sp³-hybridized carbons (Fsp3) is 0.667. The smallest absolute Gasteiger partial charge is 0.0546 e. The quantitative estimate of drug-likeness (QED) is 0.810. The van der Waals surface area contributed by atoms with Crippen LogP contribution in [0.15, 0.2) is 18.2 Å². The number of aliphatic hydroxyl groups is 1. The van der Waals surface area contributed by atoms with Crippen molar-refractivity contribution in [1.29, 1.82) is 0 Å². The van der Waals surface area contributed by atoms with Gasteiger partial charge in [0.25, 0.3) is 0 Å². The van der Waals surface area contributed by atoms with Gasteiger partial charge in [-0.2, -0.15) is 0 Å². The lowest BCUT2D eigenvalue weighted by atomic mass is 9.82. The molecule has 0 aromatic heterocycles. The van der Waals surface area contributed by atoms with Gasteiger partial charge < -0.3 is 15.3 Å². The Morgan fingerprint density at radius 2 is 1.86 bits per heavy atom. The van der Waals surface area contributed by atoms with Crippen molar-refractivity contribution >= 4 is 0 Å². The molecular weight excluding hydrogens is 260 g/mol. The molecule has 1 atom stereocenters. The molecule has 3 heteroatoms. The number of hydrogen-bond acceptors (Lipinski definition) is 3. The van der Waals surface area contributed by atoms with Gasteiger partial charge in [-0.1, -0.05) is 29.3 Å². The third-order valence-corrected chi connectivity index (χ3v) is 4.58. The lowest BCUT2D eigenvalue weighted by molar-refractivity contribution is 0.0279. The van der Waals surface area contributed by atoms with Gasteiger partial charge in [0, 0.05) is 12.6 Å². The Morgan fingerprint density at radius 1 is 1.24 bits per heavy atom. The van der Waals surface area contributed by atoms with Gasteiger partial charge in [0.1, 0.15) is 0 Å². The molecular formula is C18H30N2O. The Labute approximate surface area is 129 Å². The van der Waals surface area contributed by atoms with E-state index in [1.165, 1.54) is 16.7 Å². The van der Waals surface area contributed by atoms with Crippen LogP contribution in [0.5, 0.6) is 0 Å². The van der Waals surface area contributed by atoms with Crippen LogP contribution in [0.4, 0.5) is 0 Å². The van der Waals surface area contributed by atoms with Crippen LogP contribution in [0, 0.1) is 19.8 Å².